The van der Waals surface area contributed by atoms with E-state index in [0.717, 1.165) is 11.1 Å². The van der Waals surface area contributed by atoms with E-state index in [0.29, 0.717) is 5.56 Å². The summed E-state index contributed by atoms with van der Waals surface area (Å²) in [6.07, 6.45) is -0.0351. The maximum atomic E-state index is 12.4. The maximum absolute atomic E-state index is 12.4. The molecule has 140 valence electrons. The van der Waals surface area contributed by atoms with Crippen LogP contribution in [-0.2, 0) is 11.2 Å². The fourth-order valence-corrected chi connectivity index (χ4v) is 2.76. The van der Waals surface area contributed by atoms with Crippen molar-refractivity contribution in [3.8, 4) is 11.1 Å². The molecule has 0 fully saturated rings. The second kappa shape index (κ2) is 8.13. The van der Waals surface area contributed by atoms with Gasteiger partial charge in [-0.3, -0.25) is 14.9 Å². The van der Waals surface area contributed by atoms with E-state index in [2.05, 4.69) is 5.32 Å². The van der Waals surface area contributed by atoms with Crippen molar-refractivity contribution in [2.75, 3.05) is 5.32 Å². The monoisotopic (exact) mass is 376 g/mol. The van der Waals surface area contributed by atoms with E-state index in [4.69, 9.17) is 0 Å². The average Bonchev–Trinajstić information content (AvgIpc) is 2.68. The van der Waals surface area contributed by atoms with Crippen molar-refractivity contribution in [1.29, 1.82) is 0 Å². The molecule has 0 bridgehead atoms. The Kier molecular flexibility index (Phi) is 5.45. The number of anilines is 1. The minimum atomic E-state index is -1.15. The second-order valence-electron chi connectivity index (χ2n) is 6.08. The molecule has 0 aromatic heterocycles. The quantitative estimate of drug-likeness (QED) is 0.496. The Bertz CT molecular complexity index is 1030. The fourth-order valence-electron chi connectivity index (χ4n) is 2.76. The molecular weight excluding hydrogens is 360 g/mol. The van der Waals surface area contributed by atoms with Gasteiger partial charge in [-0.15, -0.1) is 0 Å². The van der Waals surface area contributed by atoms with Gasteiger partial charge in [0.05, 0.1) is 22.6 Å². The lowest BCUT2D eigenvalue weighted by Crippen LogP contribution is -2.17. The molecule has 2 N–H and O–H groups in total. The lowest BCUT2D eigenvalue weighted by atomic mass is 10.0. The first-order valence-electron chi connectivity index (χ1n) is 8.40. The van der Waals surface area contributed by atoms with Gasteiger partial charge < -0.3 is 10.4 Å². The largest absolute Gasteiger partial charge is 0.478 e. The lowest BCUT2D eigenvalue weighted by molar-refractivity contribution is -0.384. The third-order valence-corrected chi connectivity index (χ3v) is 4.14. The van der Waals surface area contributed by atoms with Crippen LogP contribution in [0.5, 0.6) is 0 Å². The third-order valence-electron chi connectivity index (χ3n) is 4.14. The van der Waals surface area contributed by atoms with Crippen LogP contribution in [0, 0.1) is 10.1 Å². The smallest absolute Gasteiger partial charge is 0.337 e. The maximum Gasteiger partial charge on any atom is 0.337 e. The van der Waals surface area contributed by atoms with Gasteiger partial charge in [-0.05, 0) is 28.8 Å². The van der Waals surface area contributed by atoms with E-state index in [1.807, 2.05) is 30.3 Å². The molecule has 0 saturated heterocycles. The van der Waals surface area contributed by atoms with Crippen molar-refractivity contribution < 1.29 is 19.6 Å². The summed E-state index contributed by atoms with van der Waals surface area (Å²) in [6, 6.07) is 19.8. The molecule has 7 heteroatoms. The van der Waals surface area contributed by atoms with Crippen molar-refractivity contribution in [2.24, 2.45) is 0 Å². The van der Waals surface area contributed by atoms with Crippen molar-refractivity contribution in [3.05, 3.63) is 94.0 Å². The molecule has 0 unspecified atom stereocenters. The van der Waals surface area contributed by atoms with E-state index in [-0.39, 0.29) is 23.4 Å². The number of hydrogen-bond acceptors (Lipinski definition) is 4. The molecule has 0 saturated carbocycles. The number of nitrogens with zero attached hydrogens (tertiary/aromatic N) is 1. The summed E-state index contributed by atoms with van der Waals surface area (Å²) in [5, 5.41) is 22.7. The van der Waals surface area contributed by atoms with Crippen LogP contribution in [0.25, 0.3) is 11.1 Å². The molecular formula is C21H16N2O5. The number of nitrogens with one attached hydrogen (secondary N) is 1. The van der Waals surface area contributed by atoms with Gasteiger partial charge in [0, 0.05) is 12.1 Å². The molecule has 3 aromatic carbocycles. The summed E-state index contributed by atoms with van der Waals surface area (Å²) < 4.78 is 0. The number of carboxylic acids is 1. The number of benzene rings is 3. The molecule has 0 spiro atoms. The van der Waals surface area contributed by atoms with Crippen molar-refractivity contribution >= 4 is 23.3 Å². The molecule has 7 nitrogen and oxygen atoms in total. The van der Waals surface area contributed by atoms with Gasteiger partial charge in [0.25, 0.3) is 5.69 Å². The van der Waals surface area contributed by atoms with E-state index >= 15 is 0 Å². The van der Waals surface area contributed by atoms with Crippen LogP contribution in [0.15, 0.2) is 72.8 Å². The highest BCUT2D eigenvalue weighted by atomic mass is 16.6. The van der Waals surface area contributed by atoms with Crippen LogP contribution in [0.1, 0.15) is 15.9 Å². The number of aromatic carboxylic acids is 1. The number of carbonyl (C=O) groups excluding carboxylic acids is 1. The first-order chi connectivity index (χ1) is 13.4. The van der Waals surface area contributed by atoms with Gasteiger partial charge in [0.2, 0.25) is 5.91 Å². The van der Waals surface area contributed by atoms with Crippen molar-refractivity contribution in [2.45, 2.75) is 6.42 Å². The van der Waals surface area contributed by atoms with Crippen LogP contribution in [0.2, 0.25) is 0 Å². The van der Waals surface area contributed by atoms with Crippen LogP contribution in [-0.4, -0.2) is 21.9 Å². The van der Waals surface area contributed by atoms with Crippen LogP contribution >= 0.6 is 0 Å². The molecule has 0 heterocycles. The van der Waals surface area contributed by atoms with E-state index in [9.17, 15) is 24.8 Å². The molecule has 0 atom stereocenters. The number of non-ortho nitro benzene ring substituents is 1. The van der Waals surface area contributed by atoms with E-state index < -0.39 is 16.8 Å². The summed E-state index contributed by atoms with van der Waals surface area (Å²) in [7, 11) is 0. The van der Waals surface area contributed by atoms with Crippen LogP contribution < -0.4 is 5.32 Å². The highest BCUT2D eigenvalue weighted by Gasteiger charge is 2.15. The Labute approximate surface area is 160 Å². The summed E-state index contributed by atoms with van der Waals surface area (Å²) in [5.41, 5.74) is 2.37. The summed E-state index contributed by atoms with van der Waals surface area (Å²) in [6.45, 7) is 0. The first-order valence-corrected chi connectivity index (χ1v) is 8.40. The molecule has 1 amide bonds. The molecule has 0 aliphatic heterocycles. The van der Waals surface area contributed by atoms with Crippen molar-refractivity contribution in [3.63, 3.8) is 0 Å². The predicted octanol–water partition coefficient (Wildman–Crippen LogP) is 4.14. The first kappa shape index (κ1) is 18.8. The Morgan fingerprint density at radius 1 is 0.929 bits per heavy atom. The Morgan fingerprint density at radius 3 is 2.21 bits per heavy atom. The molecule has 28 heavy (non-hydrogen) atoms. The van der Waals surface area contributed by atoms with Crippen LogP contribution in [0.4, 0.5) is 11.4 Å². The Balaban J connectivity index is 1.82. The zero-order valence-electron chi connectivity index (χ0n) is 14.7. The number of hydrogen-bond donors (Lipinski definition) is 2. The molecule has 0 aliphatic rings. The van der Waals surface area contributed by atoms with Gasteiger partial charge in [-0.2, -0.15) is 0 Å². The number of nitro benzene ring substituents is 1. The van der Waals surface area contributed by atoms with Gasteiger partial charge >= 0.3 is 5.97 Å². The predicted molar refractivity (Wildman–Crippen MR) is 104 cm³/mol. The molecule has 0 aliphatic carbocycles. The highest BCUT2D eigenvalue weighted by Crippen LogP contribution is 2.26. The number of rotatable bonds is 6. The number of nitro groups is 1. The summed E-state index contributed by atoms with van der Waals surface area (Å²) >= 11 is 0. The number of carboxylic acid groups (broad SMARTS) is 1. The Hall–Kier alpha value is -4.00. The molecule has 3 aromatic rings. The van der Waals surface area contributed by atoms with E-state index in [1.165, 1.54) is 30.3 Å². The van der Waals surface area contributed by atoms with Crippen molar-refractivity contribution in [1.82, 2.24) is 0 Å². The third kappa shape index (κ3) is 4.39. The van der Waals surface area contributed by atoms with Gasteiger partial charge in [0.1, 0.15) is 0 Å². The van der Waals surface area contributed by atoms with E-state index in [1.54, 1.807) is 12.1 Å². The Morgan fingerprint density at radius 2 is 1.61 bits per heavy atom. The minimum Gasteiger partial charge on any atom is -0.478 e. The average molecular weight is 376 g/mol. The molecule has 3 rings (SSSR count). The normalized spacial score (nSPS) is 10.3. The molecule has 0 radical (unpaired) electrons. The summed E-state index contributed by atoms with van der Waals surface area (Å²) in [4.78, 5) is 34.1. The van der Waals surface area contributed by atoms with Gasteiger partial charge in [-0.25, -0.2) is 4.79 Å². The standard InChI is InChI=1S/C21H16N2O5/c24-20(12-14-6-9-17(10-7-14)23(27)28)22-19-13-16(8-11-18(19)21(25)26)15-4-2-1-3-5-15/h1-11,13H,12H2,(H,22,24)(H,25,26). The minimum absolute atomic E-state index is 0.0169. The topological polar surface area (TPSA) is 110 Å². The van der Waals surface area contributed by atoms with Gasteiger partial charge in [0.15, 0.2) is 0 Å². The summed E-state index contributed by atoms with van der Waals surface area (Å²) in [5.74, 6) is -1.56. The van der Waals surface area contributed by atoms with Gasteiger partial charge in [-0.1, -0.05) is 48.5 Å². The number of carbonyl (C=O) groups is 2. The number of amides is 1. The fraction of sp³-hybridized carbons (Fsp3) is 0.0476. The second-order valence-corrected chi connectivity index (χ2v) is 6.08. The highest BCUT2D eigenvalue weighted by molar-refractivity contribution is 6.02. The zero-order chi connectivity index (χ0) is 20.1. The zero-order valence-corrected chi connectivity index (χ0v) is 14.7. The lowest BCUT2D eigenvalue weighted by Gasteiger charge is -2.11. The van der Waals surface area contributed by atoms with Crippen LogP contribution in [0.3, 0.4) is 0 Å². The SMILES string of the molecule is O=C(Cc1ccc([N+](=O)[O-])cc1)Nc1cc(-c2ccccc2)ccc1C(=O)O.